The number of benzene rings is 2. The van der Waals surface area contributed by atoms with Gasteiger partial charge in [0.25, 0.3) is 0 Å². The Balaban J connectivity index is 0.00000192. The predicted molar refractivity (Wildman–Crippen MR) is 95.9 cm³/mol. The molecular weight excluding hydrogens is 308 g/mol. The number of rotatable bonds is 3. The number of hydrogen-bond acceptors (Lipinski definition) is 2. The molecule has 1 amide bonds. The van der Waals surface area contributed by atoms with Crippen molar-refractivity contribution in [2.75, 3.05) is 13.1 Å². The predicted octanol–water partition coefficient (Wildman–Crippen LogP) is 2.91. The second-order valence-electron chi connectivity index (χ2n) is 6.14. The molecule has 0 aromatic heterocycles. The summed E-state index contributed by atoms with van der Waals surface area (Å²) in [6.07, 6.45) is 0.453. The number of carbonyl (C=O) groups is 1. The summed E-state index contributed by atoms with van der Waals surface area (Å²) in [5, 5.41) is 0. The Kier molecular flexibility index (Phi) is 5.80. The number of amides is 1. The van der Waals surface area contributed by atoms with Crippen molar-refractivity contribution >= 4 is 18.3 Å². The third-order valence-electron chi connectivity index (χ3n) is 4.42. The van der Waals surface area contributed by atoms with Gasteiger partial charge in [0, 0.05) is 25.0 Å². The van der Waals surface area contributed by atoms with Crippen LogP contribution in [0.1, 0.15) is 22.6 Å². The molecule has 0 aliphatic carbocycles. The molecule has 0 radical (unpaired) electrons. The van der Waals surface area contributed by atoms with Crippen molar-refractivity contribution in [3.63, 3.8) is 0 Å². The summed E-state index contributed by atoms with van der Waals surface area (Å²) >= 11 is 0. The maximum atomic E-state index is 12.5. The Hall–Kier alpha value is -1.84. The first-order chi connectivity index (χ1) is 10.6. The van der Waals surface area contributed by atoms with E-state index in [9.17, 15) is 4.79 Å². The van der Waals surface area contributed by atoms with Gasteiger partial charge < -0.3 is 10.6 Å². The first-order valence-corrected chi connectivity index (χ1v) is 7.77. The van der Waals surface area contributed by atoms with Crippen LogP contribution in [0.5, 0.6) is 0 Å². The first kappa shape index (κ1) is 17.5. The molecule has 2 atom stereocenters. The lowest BCUT2D eigenvalue weighted by molar-refractivity contribution is -0.129. The van der Waals surface area contributed by atoms with E-state index in [4.69, 9.17) is 5.73 Å². The fraction of sp³-hybridized carbons (Fsp3) is 0.316. The Morgan fingerprint density at radius 2 is 1.74 bits per heavy atom. The number of nitrogens with two attached hydrogens (primary N) is 1. The van der Waals surface area contributed by atoms with Crippen LogP contribution in [0, 0.1) is 6.92 Å². The highest BCUT2D eigenvalue weighted by Crippen LogP contribution is 2.26. The summed E-state index contributed by atoms with van der Waals surface area (Å²) in [7, 11) is 0. The molecule has 1 heterocycles. The molecule has 0 spiro atoms. The minimum atomic E-state index is 0. The van der Waals surface area contributed by atoms with Crippen molar-refractivity contribution in [3.05, 3.63) is 71.3 Å². The summed E-state index contributed by atoms with van der Waals surface area (Å²) in [5.41, 5.74) is 9.76. The number of hydrogen-bond donors (Lipinski definition) is 1. The van der Waals surface area contributed by atoms with Gasteiger partial charge in [-0.2, -0.15) is 0 Å². The molecule has 1 aliphatic heterocycles. The van der Waals surface area contributed by atoms with E-state index in [1.807, 2.05) is 47.4 Å². The van der Waals surface area contributed by atoms with E-state index in [-0.39, 0.29) is 30.3 Å². The molecule has 2 aromatic rings. The van der Waals surface area contributed by atoms with E-state index in [1.165, 1.54) is 11.1 Å². The molecule has 122 valence electrons. The minimum Gasteiger partial charge on any atom is -0.340 e. The van der Waals surface area contributed by atoms with E-state index in [2.05, 4.69) is 19.1 Å². The Morgan fingerprint density at radius 1 is 1.09 bits per heavy atom. The lowest BCUT2D eigenvalue weighted by Crippen LogP contribution is -2.33. The molecule has 3 rings (SSSR count). The maximum Gasteiger partial charge on any atom is 0.227 e. The quantitative estimate of drug-likeness (QED) is 0.940. The monoisotopic (exact) mass is 330 g/mol. The van der Waals surface area contributed by atoms with Crippen LogP contribution < -0.4 is 5.73 Å². The van der Waals surface area contributed by atoms with E-state index >= 15 is 0 Å². The zero-order valence-electron chi connectivity index (χ0n) is 13.3. The van der Waals surface area contributed by atoms with Crippen molar-refractivity contribution in [2.45, 2.75) is 25.3 Å². The lowest BCUT2D eigenvalue weighted by Gasteiger charge is -2.16. The summed E-state index contributed by atoms with van der Waals surface area (Å²) in [5.74, 6) is 0.404. The Labute approximate surface area is 143 Å². The van der Waals surface area contributed by atoms with Gasteiger partial charge >= 0.3 is 0 Å². The molecule has 3 nitrogen and oxygen atoms in total. The zero-order chi connectivity index (χ0) is 15.5. The highest BCUT2D eigenvalue weighted by atomic mass is 35.5. The van der Waals surface area contributed by atoms with Gasteiger partial charge in [-0.1, -0.05) is 60.2 Å². The minimum absolute atomic E-state index is 0. The van der Waals surface area contributed by atoms with Crippen molar-refractivity contribution in [1.82, 2.24) is 4.90 Å². The molecule has 1 fully saturated rings. The number of nitrogens with zero attached hydrogens (tertiary/aromatic N) is 1. The topological polar surface area (TPSA) is 46.3 Å². The number of halogens is 1. The molecule has 2 N–H and O–H groups in total. The highest BCUT2D eigenvalue weighted by molar-refractivity contribution is 5.85. The van der Waals surface area contributed by atoms with E-state index in [0.717, 1.165) is 12.1 Å². The fourth-order valence-corrected chi connectivity index (χ4v) is 3.08. The molecular formula is C19H23ClN2O. The molecule has 0 unspecified atom stereocenters. The summed E-state index contributed by atoms with van der Waals surface area (Å²) in [6, 6.07) is 18.4. The maximum absolute atomic E-state index is 12.5. The summed E-state index contributed by atoms with van der Waals surface area (Å²) in [4.78, 5) is 14.4. The zero-order valence-corrected chi connectivity index (χ0v) is 14.1. The summed E-state index contributed by atoms with van der Waals surface area (Å²) < 4.78 is 0. The van der Waals surface area contributed by atoms with Gasteiger partial charge in [0.05, 0.1) is 6.42 Å². The van der Waals surface area contributed by atoms with Crippen molar-refractivity contribution in [3.8, 4) is 0 Å². The van der Waals surface area contributed by atoms with Crippen LogP contribution in [0.4, 0.5) is 0 Å². The fourth-order valence-electron chi connectivity index (χ4n) is 3.08. The van der Waals surface area contributed by atoms with Crippen LogP contribution >= 0.6 is 12.4 Å². The smallest absolute Gasteiger partial charge is 0.227 e. The third kappa shape index (κ3) is 4.12. The Bertz CT molecular complexity index is 642. The largest absolute Gasteiger partial charge is 0.340 e. The van der Waals surface area contributed by atoms with Crippen LogP contribution in [0.3, 0.4) is 0 Å². The number of aryl methyl sites for hydroxylation is 1. The standard InChI is InChI=1S/C19H22N2O.ClH/c1-14-7-9-15(10-8-14)11-19(22)21-12-17(18(20)13-21)16-5-3-2-4-6-16;/h2-10,17-18H,11-13,20H2,1H3;1H/t17-,18+;/m0./s1. The lowest BCUT2D eigenvalue weighted by atomic mass is 9.95. The summed E-state index contributed by atoms with van der Waals surface area (Å²) in [6.45, 7) is 3.41. The number of likely N-dealkylation sites (tertiary alicyclic amines) is 1. The molecule has 1 aliphatic rings. The van der Waals surface area contributed by atoms with Gasteiger partial charge in [-0.05, 0) is 18.1 Å². The molecule has 23 heavy (non-hydrogen) atoms. The average molecular weight is 331 g/mol. The molecule has 2 aromatic carbocycles. The van der Waals surface area contributed by atoms with Crippen molar-refractivity contribution in [2.24, 2.45) is 5.73 Å². The van der Waals surface area contributed by atoms with Gasteiger partial charge in [0.1, 0.15) is 0 Å². The number of carbonyl (C=O) groups excluding carboxylic acids is 1. The van der Waals surface area contributed by atoms with E-state index in [0.29, 0.717) is 13.0 Å². The second-order valence-corrected chi connectivity index (χ2v) is 6.14. The van der Waals surface area contributed by atoms with Crippen LogP contribution in [0.15, 0.2) is 54.6 Å². The van der Waals surface area contributed by atoms with Gasteiger partial charge in [-0.3, -0.25) is 4.79 Å². The molecule has 0 bridgehead atoms. The van der Waals surface area contributed by atoms with Crippen LogP contribution in [0.2, 0.25) is 0 Å². The second kappa shape index (κ2) is 7.62. The molecule has 4 heteroatoms. The molecule has 1 saturated heterocycles. The van der Waals surface area contributed by atoms with E-state index in [1.54, 1.807) is 0 Å². The SMILES string of the molecule is Cc1ccc(CC(=O)N2C[C@@H](N)[C@H](c3ccccc3)C2)cc1.Cl. The first-order valence-electron chi connectivity index (χ1n) is 7.77. The third-order valence-corrected chi connectivity index (χ3v) is 4.42. The van der Waals surface area contributed by atoms with Gasteiger partial charge in [0.15, 0.2) is 0 Å². The van der Waals surface area contributed by atoms with E-state index < -0.39 is 0 Å². The molecule has 0 saturated carbocycles. The van der Waals surface area contributed by atoms with Gasteiger partial charge in [-0.15, -0.1) is 12.4 Å². The van der Waals surface area contributed by atoms with Crippen LogP contribution in [-0.4, -0.2) is 29.9 Å². The average Bonchev–Trinajstić information content (AvgIpc) is 2.92. The normalized spacial score (nSPS) is 20.2. The van der Waals surface area contributed by atoms with Gasteiger partial charge in [-0.25, -0.2) is 0 Å². The van der Waals surface area contributed by atoms with Crippen LogP contribution in [0.25, 0.3) is 0 Å². The highest BCUT2D eigenvalue weighted by Gasteiger charge is 2.33. The van der Waals surface area contributed by atoms with Gasteiger partial charge in [0.2, 0.25) is 5.91 Å². The Morgan fingerprint density at radius 3 is 2.39 bits per heavy atom. The van der Waals surface area contributed by atoms with Crippen molar-refractivity contribution < 1.29 is 4.79 Å². The van der Waals surface area contributed by atoms with Crippen molar-refractivity contribution in [1.29, 1.82) is 0 Å². The van der Waals surface area contributed by atoms with Crippen LogP contribution in [-0.2, 0) is 11.2 Å².